The molecule has 3 aromatic rings. The fourth-order valence-corrected chi connectivity index (χ4v) is 4.63. The van der Waals surface area contributed by atoms with E-state index in [1.165, 1.54) is 23.1 Å². The number of thiazole rings is 1. The maximum Gasteiger partial charge on any atom is 0.325 e. The molecule has 3 amide bonds. The molecular formula is C18H16N4O2S2. The third kappa shape index (κ3) is 3.25. The standard InChI is InChI=1S/C18H16N4O2S2/c1-10-3-5-12-15(7-10)26-18(20-12)21-17(24)19-11-4-6-14-13(8-11)22(2)16(23)9-25-14/h3-8H,9H2,1-2H3,(H2,19,20,21,24). The summed E-state index contributed by atoms with van der Waals surface area (Å²) in [5.74, 6) is 0.488. The van der Waals surface area contributed by atoms with Gasteiger partial charge in [-0.15, -0.1) is 11.8 Å². The van der Waals surface area contributed by atoms with E-state index >= 15 is 0 Å². The van der Waals surface area contributed by atoms with Gasteiger partial charge in [0.15, 0.2) is 5.13 Å². The number of nitrogens with zero attached hydrogens (tertiary/aromatic N) is 2. The minimum absolute atomic E-state index is 0.0499. The van der Waals surface area contributed by atoms with Crippen LogP contribution in [0.3, 0.4) is 0 Å². The Morgan fingerprint density at radius 2 is 2.04 bits per heavy atom. The first-order chi connectivity index (χ1) is 12.5. The van der Waals surface area contributed by atoms with E-state index in [-0.39, 0.29) is 11.9 Å². The number of nitrogens with one attached hydrogen (secondary N) is 2. The molecule has 0 radical (unpaired) electrons. The number of fused-ring (bicyclic) bond motifs is 2. The number of aryl methyl sites for hydroxylation is 1. The lowest BCUT2D eigenvalue weighted by molar-refractivity contribution is -0.116. The van der Waals surface area contributed by atoms with E-state index in [9.17, 15) is 9.59 Å². The van der Waals surface area contributed by atoms with Crippen molar-refractivity contribution in [3.63, 3.8) is 0 Å². The van der Waals surface area contributed by atoms with Gasteiger partial charge in [-0.1, -0.05) is 17.4 Å². The molecule has 2 aromatic carbocycles. The van der Waals surface area contributed by atoms with Gasteiger partial charge >= 0.3 is 6.03 Å². The molecule has 0 spiro atoms. The van der Waals surface area contributed by atoms with Crippen LogP contribution in [0.15, 0.2) is 41.3 Å². The Morgan fingerprint density at radius 3 is 2.88 bits per heavy atom. The molecule has 0 saturated carbocycles. The first-order valence-electron chi connectivity index (χ1n) is 7.98. The van der Waals surface area contributed by atoms with E-state index in [0.29, 0.717) is 16.6 Å². The summed E-state index contributed by atoms with van der Waals surface area (Å²) in [7, 11) is 1.74. The zero-order valence-electron chi connectivity index (χ0n) is 14.2. The largest absolute Gasteiger partial charge is 0.325 e. The molecule has 0 unspecified atom stereocenters. The molecule has 0 saturated heterocycles. The maximum absolute atomic E-state index is 12.3. The van der Waals surface area contributed by atoms with Crippen molar-refractivity contribution in [3.05, 3.63) is 42.0 Å². The quantitative estimate of drug-likeness (QED) is 0.690. The summed E-state index contributed by atoms with van der Waals surface area (Å²) >= 11 is 2.94. The number of benzene rings is 2. The molecule has 0 aliphatic carbocycles. The van der Waals surface area contributed by atoms with Crippen LogP contribution in [0.25, 0.3) is 10.2 Å². The van der Waals surface area contributed by atoms with Crippen LogP contribution in [0, 0.1) is 6.92 Å². The summed E-state index contributed by atoms with van der Waals surface area (Å²) in [4.78, 5) is 31.2. The van der Waals surface area contributed by atoms with Crippen LogP contribution in [0.2, 0.25) is 0 Å². The molecule has 0 atom stereocenters. The van der Waals surface area contributed by atoms with Crippen molar-refractivity contribution in [2.24, 2.45) is 0 Å². The number of carbonyl (C=O) groups is 2. The van der Waals surface area contributed by atoms with Crippen LogP contribution >= 0.6 is 23.1 Å². The molecule has 8 heteroatoms. The number of hydrogen-bond acceptors (Lipinski definition) is 5. The number of aromatic nitrogens is 1. The van der Waals surface area contributed by atoms with E-state index < -0.39 is 0 Å². The van der Waals surface area contributed by atoms with Crippen molar-refractivity contribution in [2.45, 2.75) is 11.8 Å². The monoisotopic (exact) mass is 384 g/mol. The Bertz CT molecular complexity index is 1030. The Morgan fingerprint density at radius 1 is 1.19 bits per heavy atom. The van der Waals surface area contributed by atoms with E-state index in [2.05, 4.69) is 15.6 Å². The van der Waals surface area contributed by atoms with Crippen molar-refractivity contribution in [1.82, 2.24) is 4.98 Å². The van der Waals surface area contributed by atoms with Crippen molar-refractivity contribution >= 4 is 61.8 Å². The van der Waals surface area contributed by atoms with E-state index in [1.54, 1.807) is 18.0 Å². The molecular weight excluding hydrogens is 368 g/mol. The summed E-state index contributed by atoms with van der Waals surface area (Å²) < 4.78 is 1.03. The SMILES string of the molecule is Cc1ccc2nc(NC(=O)Nc3ccc4c(c3)N(C)C(=O)CS4)sc2c1. The Kier molecular flexibility index (Phi) is 4.29. The first-order valence-corrected chi connectivity index (χ1v) is 9.78. The molecule has 1 aromatic heterocycles. The number of amides is 3. The maximum atomic E-state index is 12.3. The fourth-order valence-electron chi connectivity index (χ4n) is 2.69. The summed E-state index contributed by atoms with van der Waals surface area (Å²) in [6, 6.07) is 11.2. The van der Waals surface area contributed by atoms with Gasteiger partial charge in [-0.3, -0.25) is 10.1 Å². The van der Waals surface area contributed by atoms with Gasteiger partial charge in [0.1, 0.15) is 0 Å². The Hall–Kier alpha value is -2.58. The summed E-state index contributed by atoms with van der Waals surface area (Å²) in [6.07, 6.45) is 0. The summed E-state index contributed by atoms with van der Waals surface area (Å²) in [5, 5.41) is 6.12. The minimum atomic E-state index is -0.363. The topological polar surface area (TPSA) is 74.3 Å². The third-order valence-corrected chi connectivity index (χ3v) is 6.05. The molecule has 2 N–H and O–H groups in total. The minimum Gasteiger partial charge on any atom is -0.314 e. The van der Waals surface area contributed by atoms with Crippen molar-refractivity contribution in [3.8, 4) is 0 Å². The molecule has 2 heterocycles. The van der Waals surface area contributed by atoms with Crippen LogP contribution in [0.1, 0.15) is 5.56 Å². The zero-order valence-corrected chi connectivity index (χ0v) is 15.8. The molecule has 6 nitrogen and oxygen atoms in total. The van der Waals surface area contributed by atoms with Gasteiger partial charge < -0.3 is 10.2 Å². The normalized spacial score (nSPS) is 13.6. The smallest absolute Gasteiger partial charge is 0.314 e. The molecule has 0 bridgehead atoms. The average Bonchev–Trinajstić information content (AvgIpc) is 2.99. The van der Waals surface area contributed by atoms with Crippen molar-refractivity contribution < 1.29 is 9.59 Å². The average molecular weight is 384 g/mol. The molecule has 1 aliphatic rings. The van der Waals surface area contributed by atoms with Crippen LogP contribution in [-0.4, -0.2) is 29.7 Å². The number of anilines is 3. The van der Waals surface area contributed by atoms with E-state index in [1.807, 2.05) is 37.3 Å². The van der Waals surface area contributed by atoms with Gasteiger partial charge in [0.2, 0.25) is 5.91 Å². The third-order valence-electron chi connectivity index (χ3n) is 4.07. The van der Waals surface area contributed by atoms with E-state index in [0.717, 1.165) is 26.4 Å². The predicted molar refractivity (Wildman–Crippen MR) is 108 cm³/mol. The number of hydrogen-bond donors (Lipinski definition) is 2. The van der Waals surface area contributed by atoms with Gasteiger partial charge in [-0.05, 0) is 42.8 Å². The van der Waals surface area contributed by atoms with Gasteiger partial charge in [-0.2, -0.15) is 0 Å². The van der Waals surface area contributed by atoms with Crippen LogP contribution in [-0.2, 0) is 4.79 Å². The van der Waals surface area contributed by atoms with Crippen LogP contribution in [0.4, 0.5) is 21.3 Å². The second kappa shape index (κ2) is 6.62. The number of rotatable bonds is 2. The molecule has 4 rings (SSSR count). The highest BCUT2D eigenvalue weighted by Gasteiger charge is 2.21. The first kappa shape index (κ1) is 16.9. The molecule has 0 fully saturated rings. The van der Waals surface area contributed by atoms with Crippen LogP contribution in [0.5, 0.6) is 0 Å². The summed E-state index contributed by atoms with van der Waals surface area (Å²) in [5.41, 5.74) is 3.45. The molecule has 1 aliphatic heterocycles. The molecule has 132 valence electrons. The zero-order chi connectivity index (χ0) is 18.3. The highest BCUT2D eigenvalue weighted by molar-refractivity contribution is 8.00. The lowest BCUT2D eigenvalue weighted by atomic mass is 10.2. The number of urea groups is 1. The Labute approximate surface area is 158 Å². The lowest BCUT2D eigenvalue weighted by Crippen LogP contribution is -2.31. The summed E-state index contributed by atoms with van der Waals surface area (Å²) in [6.45, 7) is 2.02. The highest BCUT2D eigenvalue weighted by Crippen LogP contribution is 2.36. The number of carbonyl (C=O) groups excluding carboxylic acids is 2. The van der Waals surface area contributed by atoms with Gasteiger partial charge in [0.05, 0.1) is 21.7 Å². The second-order valence-electron chi connectivity index (χ2n) is 5.99. The van der Waals surface area contributed by atoms with E-state index in [4.69, 9.17) is 0 Å². The second-order valence-corrected chi connectivity index (χ2v) is 8.04. The fraction of sp³-hybridized carbons (Fsp3) is 0.167. The lowest BCUT2D eigenvalue weighted by Gasteiger charge is -2.25. The van der Waals surface area contributed by atoms with Crippen LogP contribution < -0.4 is 15.5 Å². The van der Waals surface area contributed by atoms with Crippen molar-refractivity contribution in [1.29, 1.82) is 0 Å². The van der Waals surface area contributed by atoms with Gasteiger partial charge in [-0.25, -0.2) is 9.78 Å². The number of thioether (sulfide) groups is 1. The van der Waals surface area contributed by atoms with Gasteiger partial charge in [0, 0.05) is 17.6 Å². The predicted octanol–water partition coefficient (Wildman–Crippen LogP) is 4.32. The Balaban J connectivity index is 1.50. The van der Waals surface area contributed by atoms with Gasteiger partial charge in [0.25, 0.3) is 0 Å². The highest BCUT2D eigenvalue weighted by atomic mass is 32.2. The molecule has 26 heavy (non-hydrogen) atoms. The van der Waals surface area contributed by atoms with Crippen molar-refractivity contribution in [2.75, 3.05) is 28.3 Å².